The first-order chi connectivity index (χ1) is 11.1. The number of aromatic nitrogens is 2. The smallest absolute Gasteiger partial charge is 0.238 e. The number of carbonyl (C=O) groups excluding carboxylic acids is 1. The number of fused-ring (bicyclic) bond motifs is 2. The van der Waals surface area contributed by atoms with Gasteiger partial charge in [-0.2, -0.15) is 5.26 Å². The van der Waals surface area contributed by atoms with E-state index in [0.29, 0.717) is 19.0 Å². The molecule has 0 unspecified atom stereocenters. The van der Waals surface area contributed by atoms with Crippen molar-refractivity contribution >= 4 is 17.5 Å². The molecule has 2 aromatic rings. The second-order valence-electron chi connectivity index (χ2n) is 6.03. The number of rotatable bonds is 1. The molecule has 0 saturated carbocycles. The van der Waals surface area contributed by atoms with Crippen LogP contribution in [0.2, 0.25) is 0 Å². The van der Waals surface area contributed by atoms with Crippen molar-refractivity contribution in [2.45, 2.75) is 12.3 Å². The van der Waals surface area contributed by atoms with E-state index in [-0.39, 0.29) is 5.91 Å². The fourth-order valence-corrected chi connectivity index (χ4v) is 3.58. The van der Waals surface area contributed by atoms with Crippen LogP contribution < -0.4 is 10.2 Å². The number of nitrogens with zero attached hydrogens (tertiary/aromatic N) is 4. The van der Waals surface area contributed by atoms with Gasteiger partial charge in [-0.15, -0.1) is 0 Å². The zero-order chi connectivity index (χ0) is 16.0. The van der Waals surface area contributed by atoms with Gasteiger partial charge in [0.15, 0.2) is 0 Å². The standard InChI is InChI=1S/C17H15N5O/c1-11-6-7-19-16(20-11)22-9-12(8-18)17(10-22)13-4-2-3-5-14(13)21-15(17)23/h2-7,12H,9-10H2,1H3,(H,21,23)/t12-,17+/m0/s1. The largest absolute Gasteiger partial charge is 0.338 e. The van der Waals surface area contributed by atoms with Crippen LogP contribution in [0.15, 0.2) is 36.5 Å². The molecular formula is C17H15N5O. The summed E-state index contributed by atoms with van der Waals surface area (Å²) in [4.78, 5) is 23.4. The number of hydrogen-bond acceptors (Lipinski definition) is 5. The highest BCUT2D eigenvalue weighted by Crippen LogP contribution is 2.47. The molecular weight excluding hydrogens is 290 g/mol. The Hall–Kier alpha value is -2.94. The number of hydrogen-bond donors (Lipinski definition) is 1. The van der Waals surface area contributed by atoms with E-state index in [2.05, 4.69) is 21.4 Å². The van der Waals surface area contributed by atoms with Gasteiger partial charge in [0.05, 0.1) is 12.0 Å². The van der Waals surface area contributed by atoms with E-state index in [1.807, 2.05) is 42.2 Å². The molecule has 1 N–H and O–H groups in total. The van der Waals surface area contributed by atoms with Crippen LogP contribution in [0.25, 0.3) is 0 Å². The average Bonchev–Trinajstić information content (AvgIpc) is 3.08. The lowest BCUT2D eigenvalue weighted by Crippen LogP contribution is -2.42. The Kier molecular flexibility index (Phi) is 2.85. The summed E-state index contributed by atoms with van der Waals surface area (Å²) < 4.78 is 0. The Morgan fingerprint density at radius 1 is 1.39 bits per heavy atom. The maximum Gasteiger partial charge on any atom is 0.238 e. The number of anilines is 2. The Bertz CT molecular complexity index is 843. The van der Waals surface area contributed by atoms with Gasteiger partial charge >= 0.3 is 0 Å². The number of benzene rings is 1. The van der Waals surface area contributed by atoms with Gasteiger partial charge in [0.25, 0.3) is 0 Å². The predicted molar refractivity (Wildman–Crippen MR) is 84.8 cm³/mol. The minimum atomic E-state index is -0.849. The second kappa shape index (κ2) is 4.78. The van der Waals surface area contributed by atoms with Crippen LogP contribution in [0.1, 0.15) is 11.3 Å². The summed E-state index contributed by atoms with van der Waals surface area (Å²) in [6.45, 7) is 2.76. The maximum absolute atomic E-state index is 12.7. The Labute approximate surface area is 133 Å². The van der Waals surface area contributed by atoms with Crippen LogP contribution in [0.4, 0.5) is 11.6 Å². The molecule has 2 atom stereocenters. The van der Waals surface area contributed by atoms with Crippen LogP contribution in [-0.4, -0.2) is 29.0 Å². The Morgan fingerprint density at radius 3 is 3.00 bits per heavy atom. The van der Waals surface area contributed by atoms with Crippen LogP contribution >= 0.6 is 0 Å². The SMILES string of the molecule is Cc1ccnc(N2C[C@H](C#N)[C@@]3(C2)C(=O)Nc2ccccc23)n1. The maximum atomic E-state index is 12.7. The lowest BCUT2D eigenvalue weighted by atomic mass is 9.74. The summed E-state index contributed by atoms with van der Waals surface area (Å²) in [5.41, 5.74) is 1.70. The van der Waals surface area contributed by atoms with Gasteiger partial charge in [-0.25, -0.2) is 9.97 Å². The molecule has 114 valence electrons. The van der Waals surface area contributed by atoms with Crippen molar-refractivity contribution in [2.24, 2.45) is 5.92 Å². The number of amides is 1. The van der Waals surface area contributed by atoms with Crippen molar-refractivity contribution < 1.29 is 4.79 Å². The number of nitrogens with one attached hydrogen (secondary N) is 1. The first kappa shape index (κ1) is 13.7. The highest BCUT2D eigenvalue weighted by Gasteiger charge is 2.58. The molecule has 1 aromatic carbocycles. The van der Waals surface area contributed by atoms with E-state index in [9.17, 15) is 10.1 Å². The molecule has 0 aliphatic carbocycles. The van der Waals surface area contributed by atoms with E-state index < -0.39 is 11.3 Å². The predicted octanol–water partition coefficient (Wildman–Crippen LogP) is 1.63. The monoisotopic (exact) mass is 305 g/mol. The number of nitriles is 1. The highest BCUT2D eigenvalue weighted by atomic mass is 16.2. The fraction of sp³-hybridized carbons (Fsp3) is 0.294. The molecule has 3 heterocycles. The van der Waals surface area contributed by atoms with Crippen molar-refractivity contribution in [1.82, 2.24) is 9.97 Å². The van der Waals surface area contributed by atoms with Gasteiger partial charge in [-0.1, -0.05) is 18.2 Å². The fourth-order valence-electron chi connectivity index (χ4n) is 3.58. The minimum Gasteiger partial charge on any atom is -0.338 e. The third-order valence-electron chi connectivity index (χ3n) is 4.72. The van der Waals surface area contributed by atoms with E-state index in [4.69, 9.17) is 0 Å². The molecule has 2 aliphatic heterocycles. The first-order valence-electron chi connectivity index (χ1n) is 7.50. The molecule has 1 spiro atoms. The van der Waals surface area contributed by atoms with Gasteiger partial charge < -0.3 is 10.2 Å². The molecule has 1 amide bonds. The van der Waals surface area contributed by atoms with Crippen LogP contribution in [0.3, 0.4) is 0 Å². The summed E-state index contributed by atoms with van der Waals surface area (Å²) in [5.74, 6) is 0.0231. The van der Waals surface area contributed by atoms with Crippen molar-refractivity contribution in [2.75, 3.05) is 23.3 Å². The zero-order valence-electron chi connectivity index (χ0n) is 12.7. The molecule has 1 fully saturated rings. The summed E-state index contributed by atoms with van der Waals surface area (Å²) in [5, 5.41) is 12.6. The Balaban J connectivity index is 1.81. The third-order valence-corrected chi connectivity index (χ3v) is 4.72. The van der Waals surface area contributed by atoms with E-state index in [0.717, 1.165) is 16.9 Å². The topological polar surface area (TPSA) is 81.9 Å². The highest BCUT2D eigenvalue weighted by molar-refractivity contribution is 6.07. The van der Waals surface area contributed by atoms with Gasteiger partial charge in [-0.3, -0.25) is 4.79 Å². The number of aryl methyl sites for hydroxylation is 1. The third kappa shape index (κ3) is 1.83. The Morgan fingerprint density at radius 2 is 2.22 bits per heavy atom. The summed E-state index contributed by atoms with van der Waals surface area (Å²) in [6, 6.07) is 11.7. The molecule has 6 heteroatoms. The second-order valence-corrected chi connectivity index (χ2v) is 6.03. The van der Waals surface area contributed by atoms with Crippen molar-refractivity contribution in [3.05, 3.63) is 47.8 Å². The van der Waals surface area contributed by atoms with E-state index in [1.165, 1.54) is 0 Å². The van der Waals surface area contributed by atoms with Crippen LogP contribution in [0, 0.1) is 24.2 Å². The summed E-state index contributed by atoms with van der Waals surface area (Å²) >= 11 is 0. The quantitative estimate of drug-likeness (QED) is 0.866. The molecule has 1 saturated heterocycles. The van der Waals surface area contributed by atoms with Gasteiger partial charge in [0, 0.05) is 30.7 Å². The zero-order valence-corrected chi connectivity index (χ0v) is 12.7. The van der Waals surface area contributed by atoms with Crippen molar-refractivity contribution in [3.8, 4) is 6.07 Å². The van der Waals surface area contributed by atoms with E-state index in [1.54, 1.807) is 6.20 Å². The van der Waals surface area contributed by atoms with E-state index >= 15 is 0 Å². The average molecular weight is 305 g/mol. The molecule has 4 rings (SSSR count). The summed E-state index contributed by atoms with van der Waals surface area (Å²) in [7, 11) is 0. The first-order valence-corrected chi connectivity index (χ1v) is 7.50. The van der Waals surface area contributed by atoms with Gasteiger partial charge in [0.1, 0.15) is 5.41 Å². The van der Waals surface area contributed by atoms with Crippen molar-refractivity contribution in [3.63, 3.8) is 0 Å². The molecule has 6 nitrogen and oxygen atoms in total. The molecule has 23 heavy (non-hydrogen) atoms. The minimum absolute atomic E-state index is 0.111. The normalized spacial score (nSPS) is 25.3. The molecule has 0 bridgehead atoms. The molecule has 1 aromatic heterocycles. The molecule has 2 aliphatic rings. The summed E-state index contributed by atoms with van der Waals surface area (Å²) in [6.07, 6.45) is 1.70. The molecule has 0 radical (unpaired) electrons. The van der Waals surface area contributed by atoms with Crippen molar-refractivity contribution in [1.29, 1.82) is 5.26 Å². The van der Waals surface area contributed by atoms with Gasteiger partial charge in [0.2, 0.25) is 11.9 Å². The lowest BCUT2D eigenvalue weighted by Gasteiger charge is -2.24. The van der Waals surface area contributed by atoms with Crippen LogP contribution in [-0.2, 0) is 10.2 Å². The van der Waals surface area contributed by atoms with Gasteiger partial charge in [-0.05, 0) is 24.6 Å². The lowest BCUT2D eigenvalue weighted by molar-refractivity contribution is -0.120. The van der Waals surface area contributed by atoms with Crippen LogP contribution in [0.5, 0.6) is 0 Å². The number of carbonyl (C=O) groups is 1. The number of para-hydroxylation sites is 1.